The molecule has 0 saturated heterocycles. The van der Waals surface area contributed by atoms with Gasteiger partial charge in [-0.3, -0.25) is 0 Å². The molecule has 2 aliphatic carbocycles. The Morgan fingerprint density at radius 2 is 0.935 bits per heavy atom. The third-order valence-electron chi connectivity index (χ3n) is 9.10. The molecule has 0 fully saturated rings. The first-order chi connectivity index (χ1) is 21.7. The Balaban J connectivity index is 0.00000186. The van der Waals surface area contributed by atoms with E-state index in [4.69, 9.17) is 8.83 Å². The Kier molecular flexibility index (Phi) is 9.73. The SMILES string of the molecule is C[Si](C)=[Zr+2]([CH]1C(c2ccco2)=Cc2c(-c3ccccc3)cccc21)[CH]1C(c2ccco2)=Cc2c(-c3ccccc3)cccc21.[Cl-].[Cl-]. The van der Waals surface area contributed by atoms with E-state index in [0.29, 0.717) is 7.25 Å². The Bertz CT molecular complexity index is 1930. The van der Waals surface area contributed by atoms with E-state index in [9.17, 15) is 0 Å². The summed E-state index contributed by atoms with van der Waals surface area (Å²) in [6.07, 6.45) is 8.57. The van der Waals surface area contributed by atoms with E-state index in [1.165, 1.54) is 55.7 Å². The maximum atomic E-state index is 6.20. The van der Waals surface area contributed by atoms with Gasteiger partial charge in [-0.15, -0.1) is 0 Å². The number of furan rings is 2. The van der Waals surface area contributed by atoms with Gasteiger partial charge in [0, 0.05) is 0 Å². The van der Waals surface area contributed by atoms with Gasteiger partial charge in [0.05, 0.1) is 0 Å². The summed E-state index contributed by atoms with van der Waals surface area (Å²) in [6, 6.07) is 43.9. The molecule has 6 heteroatoms. The van der Waals surface area contributed by atoms with Crippen LogP contribution >= 0.6 is 0 Å². The molecule has 2 aliphatic rings. The summed E-state index contributed by atoms with van der Waals surface area (Å²) in [6.45, 7) is 5.13. The largest absolute Gasteiger partial charge is 1.00 e. The fourth-order valence-electron chi connectivity index (χ4n) is 7.27. The number of halogens is 2. The van der Waals surface area contributed by atoms with Crippen LogP contribution in [0.15, 0.2) is 143 Å². The van der Waals surface area contributed by atoms with E-state index in [1.807, 2.05) is 24.7 Å². The molecule has 2 unspecified atom stereocenters. The van der Waals surface area contributed by atoms with Gasteiger partial charge in [0.1, 0.15) is 0 Å². The average Bonchev–Trinajstić information content (AvgIpc) is 3.88. The summed E-state index contributed by atoms with van der Waals surface area (Å²) in [5.74, 6) is 2.01. The number of rotatable bonds is 6. The topological polar surface area (TPSA) is 26.3 Å². The van der Waals surface area contributed by atoms with Crippen molar-refractivity contribution in [2.45, 2.75) is 20.3 Å². The van der Waals surface area contributed by atoms with Crippen LogP contribution in [0, 0.1) is 0 Å². The van der Waals surface area contributed by atoms with E-state index in [-0.39, 0.29) is 24.8 Å². The molecule has 226 valence electrons. The van der Waals surface area contributed by atoms with Crippen molar-refractivity contribution in [2.24, 2.45) is 0 Å². The minimum atomic E-state index is -2.51. The molecular formula is C40H32Cl2O2SiZr. The van der Waals surface area contributed by atoms with Crippen molar-refractivity contribution in [3.8, 4) is 22.3 Å². The van der Waals surface area contributed by atoms with Crippen LogP contribution in [0.1, 0.15) is 41.0 Å². The van der Waals surface area contributed by atoms with E-state index in [0.717, 1.165) is 11.5 Å². The van der Waals surface area contributed by atoms with Gasteiger partial charge in [0.15, 0.2) is 0 Å². The van der Waals surface area contributed by atoms with Crippen molar-refractivity contribution in [3.05, 3.63) is 168 Å². The Morgan fingerprint density at radius 3 is 1.30 bits per heavy atom. The van der Waals surface area contributed by atoms with Crippen LogP contribution in [0.4, 0.5) is 0 Å². The zero-order chi connectivity index (χ0) is 29.6. The Morgan fingerprint density at radius 1 is 0.500 bits per heavy atom. The van der Waals surface area contributed by atoms with Crippen LogP contribution in [-0.4, -0.2) is 5.43 Å². The first kappa shape index (κ1) is 32.5. The van der Waals surface area contributed by atoms with Crippen molar-refractivity contribution in [3.63, 3.8) is 0 Å². The molecule has 46 heavy (non-hydrogen) atoms. The van der Waals surface area contributed by atoms with E-state index < -0.39 is 25.8 Å². The van der Waals surface area contributed by atoms with Gasteiger partial charge in [0.2, 0.25) is 0 Å². The first-order valence-corrected chi connectivity index (χ1v) is 24.3. The fourth-order valence-corrected chi connectivity index (χ4v) is 27.1. The number of allylic oxidation sites excluding steroid dienone is 2. The molecule has 0 aliphatic heterocycles. The number of hydrogen-bond donors (Lipinski definition) is 0. The predicted octanol–water partition coefficient (Wildman–Crippen LogP) is 4.97. The van der Waals surface area contributed by atoms with Crippen molar-refractivity contribution >= 4 is 28.7 Å². The quantitative estimate of drug-likeness (QED) is 0.226. The molecule has 2 heterocycles. The maximum Gasteiger partial charge on any atom is -1.00 e. The van der Waals surface area contributed by atoms with E-state index >= 15 is 0 Å². The third-order valence-corrected chi connectivity index (χ3v) is 28.3. The molecule has 0 saturated carbocycles. The second-order valence-corrected chi connectivity index (χ2v) is 29.7. The average molecular weight is 735 g/mol. The van der Waals surface area contributed by atoms with Gasteiger partial charge >= 0.3 is 268 Å². The normalized spacial score (nSPS) is 15.8. The molecule has 4 aromatic carbocycles. The second-order valence-electron chi connectivity index (χ2n) is 11.8. The Hall–Kier alpha value is -3.40. The second kappa shape index (κ2) is 13.8. The molecule has 0 N–H and O–H groups in total. The molecule has 0 radical (unpaired) electrons. The number of hydrogen-bond acceptors (Lipinski definition) is 2. The summed E-state index contributed by atoms with van der Waals surface area (Å²) in [5.41, 5.74) is 12.8. The van der Waals surface area contributed by atoms with E-state index in [1.54, 1.807) is 0 Å². The summed E-state index contributed by atoms with van der Waals surface area (Å²) in [7, 11) is 0. The molecule has 8 rings (SSSR count). The summed E-state index contributed by atoms with van der Waals surface area (Å²) in [4.78, 5) is 0. The minimum Gasteiger partial charge on any atom is -1.00 e. The smallest absolute Gasteiger partial charge is 1.00 e. The summed E-state index contributed by atoms with van der Waals surface area (Å²) in [5, 5.41) is 0. The minimum absolute atomic E-state index is 0. The monoisotopic (exact) mass is 732 g/mol. The number of fused-ring (bicyclic) bond motifs is 2. The van der Waals surface area contributed by atoms with Gasteiger partial charge in [-0.1, -0.05) is 0 Å². The zero-order valence-electron chi connectivity index (χ0n) is 25.6. The van der Waals surface area contributed by atoms with Crippen LogP contribution in [0.25, 0.3) is 45.6 Å². The van der Waals surface area contributed by atoms with Crippen LogP contribution in [0.5, 0.6) is 0 Å². The first-order valence-electron chi connectivity index (χ1n) is 15.2. The molecule has 2 nitrogen and oxygen atoms in total. The molecule has 0 bridgehead atoms. The maximum absolute atomic E-state index is 6.20. The van der Waals surface area contributed by atoms with Crippen LogP contribution in [0.3, 0.4) is 0 Å². The molecular weight excluding hydrogens is 703 g/mol. The van der Waals surface area contributed by atoms with Crippen molar-refractivity contribution in [1.82, 2.24) is 0 Å². The van der Waals surface area contributed by atoms with Gasteiger partial charge in [-0.2, -0.15) is 0 Å². The molecule has 2 atom stereocenters. The van der Waals surface area contributed by atoms with Gasteiger partial charge in [-0.05, 0) is 0 Å². The molecule has 0 amide bonds. The number of benzene rings is 4. The van der Waals surface area contributed by atoms with Crippen molar-refractivity contribution in [2.75, 3.05) is 0 Å². The third kappa shape index (κ3) is 5.60. The molecule has 0 spiro atoms. The summed E-state index contributed by atoms with van der Waals surface area (Å²) < 4.78 is 13.2. The summed E-state index contributed by atoms with van der Waals surface area (Å²) >= 11 is -2.51. The molecule has 2 aromatic heterocycles. The van der Waals surface area contributed by atoms with Gasteiger partial charge in [0.25, 0.3) is 0 Å². The zero-order valence-corrected chi connectivity index (χ0v) is 30.6. The standard InChI is InChI=1S/2C19H13O.C2H6Si.2ClH.Zr/c2*1-2-6-14(7-3-1)17-9-4-8-15-12-16(13-18(15)17)19-10-5-11-20-19;1-3-2;;;/h2*1-13H;1-2H3;2*1H;/q;;;;;+2/p-2. The fraction of sp³-hybridized carbons (Fsp3) is 0.100. The molecule has 6 aromatic rings. The van der Waals surface area contributed by atoms with Gasteiger partial charge in [-0.25, -0.2) is 0 Å². The van der Waals surface area contributed by atoms with Crippen LogP contribution in [0.2, 0.25) is 13.1 Å². The van der Waals surface area contributed by atoms with Crippen molar-refractivity contribution < 1.29 is 54.0 Å². The van der Waals surface area contributed by atoms with E-state index in [2.05, 4.69) is 134 Å². The predicted molar refractivity (Wildman–Crippen MR) is 180 cm³/mol. The van der Waals surface area contributed by atoms with Crippen LogP contribution < -0.4 is 24.8 Å². The van der Waals surface area contributed by atoms with Crippen LogP contribution in [-0.2, 0) is 20.4 Å². The van der Waals surface area contributed by atoms with Crippen molar-refractivity contribution in [1.29, 1.82) is 0 Å². The Labute approximate surface area is 290 Å². The van der Waals surface area contributed by atoms with Gasteiger partial charge < -0.3 is 24.8 Å².